The average molecular weight is 484 g/mol. The predicted molar refractivity (Wildman–Crippen MR) is 108 cm³/mol. The van der Waals surface area contributed by atoms with Crippen LogP contribution in [0.15, 0.2) is 6.33 Å². The van der Waals surface area contributed by atoms with E-state index in [4.69, 9.17) is 26.8 Å². The first kappa shape index (κ1) is 23.3. The second-order valence-corrected chi connectivity index (χ2v) is 11.9. The van der Waals surface area contributed by atoms with Gasteiger partial charge in [0.1, 0.15) is 11.7 Å². The molecule has 3 unspecified atom stereocenters. The van der Waals surface area contributed by atoms with Gasteiger partial charge in [0.25, 0.3) is 5.18 Å². The van der Waals surface area contributed by atoms with Crippen molar-refractivity contribution in [2.24, 2.45) is 5.92 Å². The molecule has 0 saturated carbocycles. The lowest BCUT2D eigenvalue weighted by Gasteiger charge is -2.22. The molecule has 4 N–H and O–H groups in total. The van der Waals surface area contributed by atoms with Crippen LogP contribution in [0.1, 0.15) is 32.9 Å². The molecule has 1 saturated heterocycles. The van der Waals surface area contributed by atoms with Crippen LogP contribution in [0.4, 0.5) is 5.82 Å². The highest BCUT2D eigenvalue weighted by molar-refractivity contribution is 7.98. The van der Waals surface area contributed by atoms with Gasteiger partial charge < -0.3 is 25.0 Å². The molecule has 2 aromatic rings. The van der Waals surface area contributed by atoms with Crippen LogP contribution in [0.2, 0.25) is 5.28 Å². The Morgan fingerprint density at radius 3 is 2.73 bits per heavy atom. The molecule has 3 rings (SSSR count). The Morgan fingerprint density at radius 1 is 1.40 bits per heavy atom. The number of ether oxygens (including phenoxy) is 2. The molecule has 1 aliphatic rings. The van der Waals surface area contributed by atoms with Crippen LogP contribution >= 0.6 is 19.2 Å². The highest BCUT2D eigenvalue weighted by atomic mass is 35.5. The molecule has 2 aromatic heterocycles. The van der Waals surface area contributed by atoms with Crippen molar-refractivity contribution >= 4 is 46.0 Å². The fraction of sp³-hybridized carbons (Fsp3) is 0.667. The smallest absolute Gasteiger partial charge is 0.369 e. The number of nitrogens with two attached hydrogens (primary N) is 1. The number of sulfone groups is 1. The summed E-state index contributed by atoms with van der Waals surface area (Å²) in [5.41, 5.74) is 6.54. The summed E-state index contributed by atoms with van der Waals surface area (Å²) in [7, 11) is -9.21. The van der Waals surface area contributed by atoms with E-state index in [2.05, 4.69) is 15.0 Å². The minimum Gasteiger partial charge on any atom is -0.382 e. The summed E-state index contributed by atoms with van der Waals surface area (Å²) in [4.78, 5) is 31.1. The molecule has 0 aliphatic carbocycles. The topological polar surface area (TPSA) is 180 Å². The lowest BCUT2D eigenvalue weighted by atomic mass is 10.2. The SMILES string of the molecule is CC(C)CS(=O)(=O)C(OCC1CCC(n2cnc3c(N)nc(Cl)nc32)O1)P(=O)(O)O. The zero-order valence-corrected chi connectivity index (χ0v) is 18.7. The Hall–Kier alpha value is -1.34. The number of imidazole rings is 1. The molecule has 30 heavy (non-hydrogen) atoms. The van der Waals surface area contributed by atoms with Crippen LogP contribution in [0, 0.1) is 5.92 Å². The first-order valence-electron chi connectivity index (χ1n) is 9.08. The van der Waals surface area contributed by atoms with Gasteiger partial charge in [-0.05, 0) is 30.4 Å². The third kappa shape index (κ3) is 5.10. The summed E-state index contributed by atoms with van der Waals surface area (Å²) >= 11 is 5.86. The van der Waals surface area contributed by atoms with Gasteiger partial charge in [0, 0.05) is 0 Å². The molecule has 15 heteroatoms. The first-order chi connectivity index (χ1) is 13.9. The van der Waals surface area contributed by atoms with E-state index in [0.29, 0.717) is 24.0 Å². The van der Waals surface area contributed by atoms with Crippen LogP contribution in [0.5, 0.6) is 0 Å². The Morgan fingerprint density at radius 2 is 2.10 bits per heavy atom. The quantitative estimate of drug-likeness (QED) is 0.363. The summed E-state index contributed by atoms with van der Waals surface area (Å²) < 4.78 is 49.1. The van der Waals surface area contributed by atoms with Gasteiger partial charge in [0.2, 0.25) is 5.28 Å². The number of halogens is 1. The molecular weight excluding hydrogens is 461 g/mol. The number of rotatable bonds is 8. The third-order valence-corrected chi connectivity index (χ3v) is 8.93. The third-order valence-electron chi connectivity index (χ3n) is 4.39. The fourth-order valence-electron chi connectivity index (χ4n) is 3.28. The molecule has 0 aromatic carbocycles. The molecule has 12 nitrogen and oxygen atoms in total. The van der Waals surface area contributed by atoms with Crippen molar-refractivity contribution in [3.8, 4) is 0 Å². The van der Waals surface area contributed by atoms with Crippen molar-refractivity contribution in [2.75, 3.05) is 18.1 Å². The van der Waals surface area contributed by atoms with Gasteiger partial charge in [-0.15, -0.1) is 0 Å². The van der Waals surface area contributed by atoms with Gasteiger partial charge in [-0.3, -0.25) is 9.13 Å². The Balaban J connectivity index is 1.71. The summed E-state index contributed by atoms with van der Waals surface area (Å²) in [5.74, 6) is -0.586. The maximum atomic E-state index is 12.3. The number of hydrogen-bond donors (Lipinski definition) is 3. The van der Waals surface area contributed by atoms with Gasteiger partial charge in [0.05, 0.1) is 24.8 Å². The van der Waals surface area contributed by atoms with Crippen molar-refractivity contribution in [1.82, 2.24) is 19.5 Å². The summed E-state index contributed by atoms with van der Waals surface area (Å²) in [6.07, 6.45) is 1.38. The molecule has 0 bridgehead atoms. The van der Waals surface area contributed by atoms with E-state index < -0.39 is 40.7 Å². The van der Waals surface area contributed by atoms with Crippen molar-refractivity contribution in [1.29, 1.82) is 0 Å². The van der Waals surface area contributed by atoms with Gasteiger partial charge in [-0.2, -0.15) is 9.97 Å². The Kier molecular flexibility index (Phi) is 6.73. The van der Waals surface area contributed by atoms with E-state index in [0.717, 1.165) is 0 Å². The zero-order valence-electron chi connectivity index (χ0n) is 16.3. The summed E-state index contributed by atoms with van der Waals surface area (Å²) in [6.45, 7) is 2.97. The average Bonchev–Trinajstić information content (AvgIpc) is 3.18. The monoisotopic (exact) mass is 483 g/mol. The van der Waals surface area contributed by atoms with Crippen LogP contribution in [-0.4, -0.2) is 61.4 Å². The summed E-state index contributed by atoms with van der Waals surface area (Å²) in [5, 5.41) is -2.27. The van der Waals surface area contributed by atoms with Gasteiger partial charge >= 0.3 is 7.60 Å². The zero-order chi connectivity index (χ0) is 22.3. The maximum absolute atomic E-state index is 12.3. The molecule has 3 atom stereocenters. The molecule has 3 heterocycles. The van der Waals surface area contributed by atoms with Crippen LogP contribution < -0.4 is 5.73 Å². The van der Waals surface area contributed by atoms with E-state index in [-0.39, 0.29) is 23.6 Å². The number of anilines is 1. The van der Waals surface area contributed by atoms with E-state index >= 15 is 0 Å². The van der Waals surface area contributed by atoms with Gasteiger partial charge in [-0.1, -0.05) is 13.8 Å². The fourth-order valence-corrected chi connectivity index (χ4v) is 7.05. The maximum Gasteiger partial charge on any atom is 0.369 e. The number of aromatic nitrogens is 4. The lowest BCUT2D eigenvalue weighted by molar-refractivity contribution is -0.0390. The molecule has 168 valence electrons. The largest absolute Gasteiger partial charge is 0.382 e. The number of hydrogen-bond acceptors (Lipinski definition) is 9. The predicted octanol–water partition coefficient (Wildman–Crippen LogP) is 1.29. The first-order valence-corrected chi connectivity index (χ1v) is 12.9. The number of nitrogens with zero attached hydrogens (tertiary/aromatic N) is 4. The van der Waals surface area contributed by atoms with Gasteiger partial charge in [-0.25, -0.2) is 13.4 Å². The highest BCUT2D eigenvalue weighted by Crippen LogP contribution is 2.46. The van der Waals surface area contributed by atoms with E-state index in [9.17, 15) is 22.8 Å². The van der Waals surface area contributed by atoms with Crippen molar-refractivity contribution in [3.63, 3.8) is 0 Å². The molecule has 1 fully saturated rings. The second-order valence-electron chi connectivity index (χ2n) is 7.44. The lowest BCUT2D eigenvalue weighted by Crippen LogP contribution is -2.31. The molecule has 0 amide bonds. The van der Waals surface area contributed by atoms with E-state index in [1.807, 2.05) is 0 Å². The normalized spacial score (nSPS) is 21.5. The highest BCUT2D eigenvalue weighted by Gasteiger charge is 2.43. The minimum absolute atomic E-state index is 0.0422. The van der Waals surface area contributed by atoms with Crippen molar-refractivity contribution in [3.05, 3.63) is 11.6 Å². The molecular formula is C15H23ClN5O7PS. The van der Waals surface area contributed by atoms with Crippen molar-refractivity contribution < 1.29 is 32.2 Å². The van der Waals surface area contributed by atoms with E-state index in [1.165, 1.54) is 6.33 Å². The molecule has 0 radical (unpaired) electrons. The number of fused-ring (bicyclic) bond motifs is 1. The van der Waals surface area contributed by atoms with Crippen LogP contribution in [0.25, 0.3) is 11.2 Å². The molecule has 0 spiro atoms. The molecule has 1 aliphatic heterocycles. The minimum atomic E-state index is -5.04. The van der Waals surface area contributed by atoms with Crippen molar-refractivity contribution in [2.45, 2.75) is 44.2 Å². The number of nitrogen functional groups attached to an aromatic ring is 1. The van der Waals surface area contributed by atoms with Crippen LogP contribution in [0.3, 0.4) is 0 Å². The second kappa shape index (κ2) is 8.65. The standard InChI is InChI=1S/C15H23ClN5O7PS/c1-8(2)6-30(25,26)15(29(22,23)24)27-5-9-3-4-10(28-9)21-7-18-11-12(17)19-14(16)20-13(11)21/h7-10,15H,3-6H2,1-2H3,(H2,17,19,20)(H2,22,23,24). The van der Waals surface area contributed by atoms with Gasteiger partial charge in [0.15, 0.2) is 21.3 Å². The van der Waals surface area contributed by atoms with Crippen LogP contribution in [-0.2, 0) is 23.9 Å². The Labute approximate surface area is 177 Å². The van der Waals surface area contributed by atoms with E-state index in [1.54, 1.807) is 18.4 Å². The summed E-state index contributed by atoms with van der Waals surface area (Å²) in [6, 6.07) is 0. The Bertz CT molecular complexity index is 1070.